The van der Waals surface area contributed by atoms with Crippen molar-refractivity contribution in [2.45, 2.75) is 17.3 Å². The van der Waals surface area contributed by atoms with E-state index in [1.807, 2.05) is 18.2 Å². The second-order valence-corrected chi connectivity index (χ2v) is 6.03. The highest BCUT2D eigenvalue weighted by atomic mass is 79.9. The summed E-state index contributed by atoms with van der Waals surface area (Å²) in [5, 5.41) is 2.92. The number of carbonyl (C=O) groups is 1. The van der Waals surface area contributed by atoms with Gasteiger partial charge in [-0.1, -0.05) is 52.3 Å². The van der Waals surface area contributed by atoms with Gasteiger partial charge in [0, 0.05) is 4.83 Å². The standard InChI is InChI=1S/C16H13BrFNO/c17-13-9-10-5-1-2-6-11(10)15(13)19-16(20)12-7-3-4-8-14(12)18/h1-8,13,15H,9H2,(H,19,20). The van der Waals surface area contributed by atoms with Crippen LogP contribution in [0.4, 0.5) is 4.39 Å². The van der Waals surface area contributed by atoms with Gasteiger partial charge < -0.3 is 5.32 Å². The molecular weight excluding hydrogens is 321 g/mol. The Hall–Kier alpha value is -1.68. The summed E-state index contributed by atoms with van der Waals surface area (Å²) in [4.78, 5) is 12.3. The SMILES string of the molecule is O=C(NC1c2ccccc2CC1Br)c1ccccc1F. The number of halogens is 2. The van der Waals surface area contributed by atoms with Gasteiger partial charge in [-0.05, 0) is 29.7 Å². The molecule has 2 aromatic carbocycles. The van der Waals surface area contributed by atoms with Gasteiger partial charge in [0.25, 0.3) is 5.91 Å². The molecule has 0 saturated heterocycles. The molecule has 0 fully saturated rings. The first-order chi connectivity index (χ1) is 9.66. The van der Waals surface area contributed by atoms with Gasteiger partial charge >= 0.3 is 0 Å². The third kappa shape index (κ3) is 2.36. The Kier molecular flexibility index (Phi) is 3.57. The molecule has 3 rings (SSSR count). The lowest BCUT2D eigenvalue weighted by atomic mass is 10.1. The van der Waals surface area contributed by atoms with E-state index >= 15 is 0 Å². The first-order valence-electron chi connectivity index (χ1n) is 6.44. The number of amides is 1. The van der Waals surface area contributed by atoms with Crippen LogP contribution in [0.15, 0.2) is 48.5 Å². The van der Waals surface area contributed by atoms with Crippen LogP contribution in [0.1, 0.15) is 27.5 Å². The van der Waals surface area contributed by atoms with Gasteiger partial charge in [-0.2, -0.15) is 0 Å². The maximum atomic E-state index is 13.6. The number of carbonyl (C=O) groups excluding carboxylic acids is 1. The fourth-order valence-corrected chi connectivity index (χ4v) is 3.34. The van der Waals surface area contributed by atoms with Gasteiger partial charge in [-0.25, -0.2) is 4.39 Å². The van der Waals surface area contributed by atoms with Crippen LogP contribution in [0, 0.1) is 5.82 Å². The van der Waals surface area contributed by atoms with Crippen LogP contribution in [0.25, 0.3) is 0 Å². The van der Waals surface area contributed by atoms with Crippen LogP contribution < -0.4 is 5.32 Å². The summed E-state index contributed by atoms with van der Waals surface area (Å²) in [7, 11) is 0. The average Bonchev–Trinajstić information content (AvgIpc) is 2.76. The largest absolute Gasteiger partial charge is 0.344 e. The van der Waals surface area contributed by atoms with E-state index in [1.54, 1.807) is 12.1 Å². The van der Waals surface area contributed by atoms with E-state index in [1.165, 1.54) is 17.7 Å². The van der Waals surface area contributed by atoms with Gasteiger partial charge in [0.1, 0.15) is 5.82 Å². The molecule has 102 valence electrons. The molecule has 2 nitrogen and oxygen atoms in total. The fraction of sp³-hybridized carbons (Fsp3) is 0.188. The number of rotatable bonds is 2. The van der Waals surface area contributed by atoms with Crippen molar-refractivity contribution in [2.75, 3.05) is 0 Å². The smallest absolute Gasteiger partial charge is 0.254 e. The summed E-state index contributed by atoms with van der Waals surface area (Å²) in [6.45, 7) is 0. The van der Waals surface area contributed by atoms with Crippen molar-refractivity contribution in [3.8, 4) is 0 Å². The van der Waals surface area contributed by atoms with Gasteiger partial charge in [-0.15, -0.1) is 0 Å². The first-order valence-corrected chi connectivity index (χ1v) is 7.35. The predicted octanol–water partition coefficient (Wildman–Crippen LogP) is 3.62. The normalized spacial score (nSPS) is 20.5. The van der Waals surface area contributed by atoms with E-state index in [-0.39, 0.29) is 22.3 Å². The van der Waals surface area contributed by atoms with Crippen molar-refractivity contribution < 1.29 is 9.18 Å². The van der Waals surface area contributed by atoms with E-state index in [2.05, 4.69) is 27.3 Å². The van der Waals surface area contributed by atoms with Crippen molar-refractivity contribution in [3.63, 3.8) is 0 Å². The number of hydrogen-bond donors (Lipinski definition) is 1. The molecule has 0 bridgehead atoms. The van der Waals surface area contributed by atoms with Crippen molar-refractivity contribution in [2.24, 2.45) is 0 Å². The molecule has 0 spiro atoms. The van der Waals surface area contributed by atoms with Gasteiger partial charge in [0.05, 0.1) is 11.6 Å². The quantitative estimate of drug-likeness (QED) is 0.835. The molecule has 0 radical (unpaired) electrons. The molecule has 0 aromatic heterocycles. The minimum Gasteiger partial charge on any atom is -0.344 e. The van der Waals surface area contributed by atoms with Crippen molar-refractivity contribution in [1.29, 1.82) is 0 Å². The van der Waals surface area contributed by atoms with Gasteiger partial charge in [0.2, 0.25) is 0 Å². The Labute approximate surface area is 125 Å². The zero-order chi connectivity index (χ0) is 14.1. The van der Waals surface area contributed by atoms with Crippen molar-refractivity contribution in [1.82, 2.24) is 5.32 Å². The molecule has 20 heavy (non-hydrogen) atoms. The molecular formula is C16H13BrFNO. The number of hydrogen-bond acceptors (Lipinski definition) is 1. The molecule has 1 aliphatic rings. The Bertz CT molecular complexity index is 658. The molecule has 4 heteroatoms. The average molecular weight is 334 g/mol. The zero-order valence-corrected chi connectivity index (χ0v) is 12.2. The lowest BCUT2D eigenvalue weighted by Gasteiger charge is -2.18. The van der Waals surface area contributed by atoms with E-state index in [0.717, 1.165) is 12.0 Å². The fourth-order valence-electron chi connectivity index (χ4n) is 2.58. The molecule has 0 aliphatic heterocycles. The van der Waals surface area contributed by atoms with E-state index in [0.29, 0.717) is 0 Å². The predicted molar refractivity (Wildman–Crippen MR) is 79.5 cm³/mol. The van der Waals surface area contributed by atoms with E-state index in [9.17, 15) is 9.18 Å². The minimum atomic E-state index is -0.498. The topological polar surface area (TPSA) is 29.1 Å². The molecule has 1 aliphatic carbocycles. The Morgan fingerprint density at radius 2 is 1.85 bits per heavy atom. The van der Waals surface area contributed by atoms with Crippen molar-refractivity contribution >= 4 is 21.8 Å². The highest BCUT2D eigenvalue weighted by molar-refractivity contribution is 9.09. The summed E-state index contributed by atoms with van der Waals surface area (Å²) >= 11 is 3.60. The monoisotopic (exact) mass is 333 g/mol. The van der Waals surface area contributed by atoms with Crippen LogP contribution in [-0.4, -0.2) is 10.7 Å². The number of fused-ring (bicyclic) bond motifs is 1. The van der Waals surface area contributed by atoms with Crippen LogP contribution in [-0.2, 0) is 6.42 Å². The number of nitrogens with one attached hydrogen (secondary N) is 1. The lowest BCUT2D eigenvalue weighted by molar-refractivity contribution is 0.0934. The van der Waals surface area contributed by atoms with Gasteiger partial charge in [-0.3, -0.25) is 4.79 Å². The van der Waals surface area contributed by atoms with Crippen LogP contribution in [0.3, 0.4) is 0 Å². The molecule has 2 aromatic rings. The number of alkyl halides is 1. The molecule has 2 atom stereocenters. The van der Waals surface area contributed by atoms with Crippen LogP contribution >= 0.6 is 15.9 Å². The second-order valence-electron chi connectivity index (χ2n) is 4.85. The summed E-state index contributed by atoms with van der Waals surface area (Å²) in [5.41, 5.74) is 2.39. The summed E-state index contributed by atoms with van der Waals surface area (Å²) in [6.07, 6.45) is 0.860. The molecule has 0 saturated carbocycles. The van der Waals surface area contributed by atoms with E-state index < -0.39 is 5.82 Å². The molecule has 1 N–H and O–H groups in total. The van der Waals surface area contributed by atoms with Crippen LogP contribution in [0.5, 0.6) is 0 Å². The third-order valence-corrected chi connectivity index (χ3v) is 4.42. The zero-order valence-electron chi connectivity index (χ0n) is 10.6. The highest BCUT2D eigenvalue weighted by Crippen LogP contribution is 2.35. The molecule has 1 amide bonds. The molecule has 0 heterocycles. The lowest BCUT2D eigenvalue weighted by Crippen LogP contribution is -2.32. The Balaban J connectivity index is 1.85. The maximum absolute atomic E-state index is 13.6. The Morgan fingerprint density at radius 1 is 1.15 bits per heavy atom. The number of benzene rings is 2. The van der Waals surface area contributed by atoms with E-state index in [4.69, 9.17) is 0 Å². The minimum absolute atomic E-state index is 0.0802. The molecule has 2 unspecified atom stereocenters. The first kappa shape index (κ1) is 13.3. The second kappa shape index (κ2) is 5.37. The highest BCUT2D eigenvalue weighted by Gasteiger charge is 2.32. The Morgan fingerprint density at radius 3 is 2.65 bits per heavy atom. The summed E-state index contributed by atoms with van der Waals surface area (Å²) in [5.74, 6) is -0.878. The van der Waals surface area contributed by atoms with Crippen LogP contribution in [0.2, 0.25) is 0 Å². The third-order valence-electron chi connectivity index (χ3n) is 3.57. The summed E-state index contributed by atoms with van der Waals surface area (Å²) < 4.78 is 13.6. The van der Waals surface area contributed by atoms with Gasteiger partial charge in [0.15, 0.2) is 0 Å². The summed E-state index contributed by atoms with van der Waals surface area (Å²) in [6, 6.07) is 13.9. The maximum Gasteiger partial charge on any atom is 0.254 e. The van der Waals surface area contributed by atoms with Crippen molar-refractivity contribution in [3.05, 3.63) is 71.0 Å².